The Balaban J connectivity index is 2.24. The molecule has 0 saturated carbocycles. The van der Waals surface area contributed by atoms with Gasteiger partial charge >= 0.3 is 5.97 Å². The molecule has 0 aliphatic rings. The summed E-state index contributed by atoms with van der Waals surface area (Å²) in [5.41, 5.74) is 1.45. The van der Waals surface area contributed by atoms with Gasteiger partial charge in [-0.05, 0) is 13.1 Å². The van der Waals surface area contributed by atoms with Crippen LogP contribution in [0.15, 0.2) is 30.5 Å². The lowest BCUT2D eigenvalue weighted by Crippen LogP contribution is -2.44. The van der Waals surface area contributed by atoms with Crippen LogP contribution in [0, 0.1) is 0 Å². The molecule has 1 atom stereocenters. The van der Waals surface area contributed by atoms with Gasteiger partial charge in [0.15, 0.2) is 6.04 Å². The lowest BCUT2D eigenvalue weighted by Gasteiger charge is -2.10. The summed E-state index contributed by atoms with van der Waals surface area (Å²) in [7, 11) is 1.42. The van der Waals surface area contributed by atoms with Gasteiger partial charge in [0, 0.05) is 17.1 Å². The van der Waals surface area contributed by atoms with Gasteiger partial charge in [0.25, 0.3) is 5.91 Å². The van der Waals surface area contributed by atoms with Gasteiger partial charge in [0.2, 0.25) is 0 Å². The summed E-state index contributed by atoms with van der Waals surface area (Å²) in [6.07, 6.45) is 1.64. The molecule has 2 aromatic rings. The predicted octanol–water partition coefficient (Wildman–Crippen LogP) is 0.779. The maximum absolute atomic E-state index is 11.8. The van der Waals surface area contributed by atoms with Gasteiger partial charge in [-0.15, -0.1) is 0 Å². The van der Waals surface area contributed by atoms with Gasteiger partial charge in [-0.25, -0.2) is 4.79 Å². The molecule has 0 fully saturated rings. The number of carboxylic acid groups (broad SMARTS) is 1. The van der Waals surface area contributed by atoms with E-state index < -0.39 is 17.9 Å². The van der Waals surface area contributed by atoms with E-state index in [9.17, 15) is 9.59 Å². The number of aromatic nitrogens is 1. The summed E-state index contributed by atoms with van der Waals surface area (Å²) in [6, 6.07) is 6.17. The lowest BCUT2D eigenvalue weighted by molar-refractivity contribution is -0.142. The number of anilines is 1. The third-order valence-electron chi connectivity index (χ3n) is 2.64. The number of hydrogen-bond acceptors (Lipinski definition) is 3. The van der Waals surface area contributed by atoms with E-state index in [1.807, 2.05) is 24.3 Å². The fourth-order valence-electron chi connectivity index (χ4n) is 1.75. The Hall–Kier alpha value is -2.34. The summed E-state index contributed by atoms with van der Waals surface area (Å²) in [4.78, 5) is 25.6. The fraction of sp³-hybridized carbons (Fsp3) is 0.167. The van der Waals surface area contributed by atoms with Crippen molar-refractivity contribution in [3.8, 4) is 0 Å². The quantitative estimate of drug-likeness (QED) is 0.600. The van der Waals surface area contributed by atoms with Gasteiger partial charge in [-0.2, -0.15) is 0 Å². The number of H-pyrrole nitrogens is 1. The predicted molar refractivity (Wildman–Crippen MR) is 67.4 cm³/mol. The first-order chi connectivity index (χ1) is 8.63. The number of nitrogens with one attached hydrogen (secondary N) is 3. The second-order valence-electron chi connectivity index (χ2n) is 3.80. The third kappa shape index (κ3) is 2.18. The smallest absolute Gasteiger partial charge is 0.330 e. The van der Waals surface area contributed by atoms with Crippen molar-refractivity contribution in [2.45, 2.75) is 6.04 Å². The van der Waals surface area contributed by atoms with Gasteiger partial charge in [-0.3, -0.25) is 10.1 Å². The molecule has 1 aromatic heterocycles. The Kier molecular flexibility index (Phi) is 3.29. The summed E-state index contributed by atoms with van der Waals surface area (Å²) in [6.45, 7) is 0. The number of aromatic amines is 1. The number of carbonyl (C=O) groups is 2. The molecule has 0 bridgehead atoms. The zero-order chi connectivity index (χ0) is 13.1. The van der Waals surface area contributed by atoms with Crippen molar-refractivity contribution in [3.63, 3.8) is 0 Å². The molecule has 0 radical (unpaired) electrons. The van der Waals surface area contributed by atoms with Gasteiger partial charge in [0.1, 0.15) is 0 Å². The summed E-state index contributed by atoms with van der Waals surface area (Å²) in [5.74, 6) is -1.82. The van der Waals surface area contributed by atoms with Crippen molar-refractivity contribution in [3.05, 3.63) is 30.5 Å². The summed E-state index contributed by atoms with van der Waals surface area (Å²) < 4.78 is 0. The van der Waals surface area contributed by atoms with E-state index in [-0.39, 0.29) is 0 Å². The Morgan fingerprint density at radius 3 is 2.72 bits per heavy atom. The van der Waals surface area contributed by atoms with E-state index in [1.54, 1.807) is 6.20 Å². The fourth-order valence-corrected chi connectivity index (χ4v) is 1.75. The molecule has 1 aromatic carbocycles. The zero-order valence-electron chi connectivity index (χ0n) is 9.73. The van der Waals surface area contributed by atoms with E-state index in [0.29, 0.717) is 5.69 Å². The minimum Gasteiger partial charge on any atom is -0.480 e. The molecule has 6 nitrogen and oxygen atoms in total. The molecule has 1 unspecified atom stereocenters. The molecule has 1 amide bonds. The molecule has 1 heterocycles. The first-order valence-electron chi connectivity index (χ1n) is 5.40. The molecular weight excluding hydrogens is 234 g/mol. The molecule has 0 aliphatic heterocycles. The van der Waals surface area contributed by atoms with E-state index in [4.69, 9.17) is 5.11 Å². The number of carboxylic acids is 1. The number of para-hydroxylation sites is 1. The van der Waals surface area contributed by atoms with E-state index in [2.05, 4.69) is 15.6 Å². The van der Waals surface area contributed by atoms with Crippen molar-refractivity contribution < 1.29 is 14.7 Å². The van der Waals surface area contributed by atoms with E-state index in [1.165, 1.54) is 7.05 Å². The van der Waals surface area contributed by atoms with Crippen LogP contribution in [0.2, 0.25) is 0 Å². The van der Waals surface area contributed by atoms with Crippen molar-refractivity contribution in [1.82, 2.24) is 10.3 Å². The van der Waals surface area contributed by atoms with Crippen LogP contribution in [0.5, 0.6) is 0 Å². The van der Waals surface area contributed by atoms with Gasteiger partial charge < -0.3 is 15.4 Å². The van der Waals surface area contributed by atoms with Gasteiger partial charge in [-0.1, -0.05) is 18.2 Å². The van der Waals surface area contributed by atoms with Crippen molar-refractivity contribution in [2.75, 3.05) is 12.4 Å². The van der Waals surface area contributed by atoms with Crippen LogP contribution in [0.1, 0.15) is 0 Å². The number of aliphatic carboxylic acids is 1. The molecule has 94 valence electrons. The molecule has 0 aliphatic carbocycles. The lowest BCUT2D eigenvalue weighted by atomic mass is 10.2. The van der Waals surface area contributed by atoms with Crippen molar-refractivity contribution in [1.29, 1.82) is 0 Å². The summed E-state index contributed by atoms with van der Waals surface area (Å²) >= 11 is 0. The maximum Gasteiger partial charge on any atom is 0.330 e. The van der Waals surface area contributed by atoms with Crippen LogP contribution in [0.4, 0.5) is 5.69 Å². The number of carbonyl (C=O) groups excluding carboxylic acids is 1. The minimum absolute atomic E-state index is 0.567. The normalized spacial score (nSPS) is 12.3. The Morgan fingerprint density at radius 2 is 2.06 bits per heavy atom. The number of hydrogen-bond donors (Lipinski definition) is 4. The van der Waals surface area contributed by atoms with Crippen LogP contribution >= 0.6 is 0 Å². The van der Waals surface area contributed by atoms with Crippen LogP contribution in [-0.4, -0.2) is 35.1 Å². The van der Waals surface area contributed by atoms with Gasteiger partial charge in [0.05, 0.1) is 5.69 Å². The third-order valence-corrected chi connectivity index (χ3v) is 2.64. The van der Waals surface area contributed by atoms with Crippen molar-refractivity contribution >= 4 is 28.5 Å². The zero-order valence-corrected chi connectivity index (χ0v) is 9.73. The molecule has 0 saturated heterocycles. The SMILES string of the molecule is CNC(C(=O)O)C(=O)Nc1c[nH]c2ccccc12. The average molecular weight is 247 g/mol. The Labute approximate surface area is 103 Å². The Morgan fingerprint density at radius 1 is 1.33 bits per heavy atom. The highest BCUT2D eigenvalue weighted by Crippen LogP contribution is 2.22. The molecule has 18 heavy (non-hydrogen) atoms. The van der Waals surface area contributed by atoms with Crippen molar-refractivity contribution in [2.24, 2.45) is 0 Å². The molecule has 4 N–H and O–H groups in total. The van der Waals surface area contributed by atoms with E-state index in [0.717, 1.165) is 10.9 Å². The largest absolute Gasteiger partial charge is 0.480 e. The van der Waals surface area contributed by atoms with Crippen LogP contribution in [0.25, 0.3) is 10.9 Å². The number of amides is 1. The molecule has 2 rings (SSSR count). The first kappa shape index (κ1) is 12.1. The van der Waals surface area contributed by atoms with Crippen LogP contribution in [-0.2, 0) is 9.59 Å². The highest BCUT2D eigenvalue weighted by molar-refractivity contribution is 6.10. The second-order valence-corrected chi connectivity index (χ2v) is 3.80. The maximum atomic E-state index is 11.8. The van der Waals surface area contributed by atoms with Crippen LogP contribution in [0.3, 0.4) is 0 Å². The minimum atomic E-state index is -1.27. The standard InChI is InChI=1S/C12H13N3O3/c1-13-10(12(17)18)11(16)15-9-6-14-8-5-3-2-4-7(8)9/h2-6,10,13-14H,1H3,(H,15,16)(H,17,18). The number of benzene rings is 1. The number of likely N-dealkylation sites (N-methyl/N-ethyl adjacent to an activating group) is 1. The second kappa shape index (κ2) is 4.89. The Bertz CT molecular complexity index is 591. The highest BCUT2D eigenvalue weighted by Gasteiger charge is 2.24. The summed E-state index contributed by atoms with van der Waals surface area (Å²) in [5, 5.41) is 14.7. The molecule has 6 heteroatoms. The first-order valence-corrected chi connectivity index (χ1v) is 5.40. The van der Waals surface area contributed by atoms with E-state index >= 15 is 0 Å². The highest BCUT2D eigenvalue weighted by atomic mass is 16.4. The number of fused-ring (bicyclic) bond motifs is 1. The van der Waals surface area contributed by atoms with Crippen LogP contribution < -0.4 is 10.6 Å². The molecule has 0 spiro atoms. The topological polar surface area (TPSA) is 94.2 Å². The molecular formula is C12H13N3O3. The monoisotopic (exact) mass is 247 g/mol. The average Bonchev–Trinajstić information content (AvgIpc) is 2.73. The number of rotatable bonds is 4.